The van der Waals surface area contributed by atoms with Crippen molar-refractivity contribution in [3.8, 4) is 5.75 Å². The number of hydrogen-bond acceptors (Lipinski definition) is 5. The zero-order valence-corrected chi connectivity index (χ0v) is 11.4. The van der Waals surface area contributed by atoms with Gasteiger partial charge in [-0.25, -0.2) is 0 Å². The summed E-state index contributed by atoms with van der Waals surface area (Å²) in [6.07, 6.45) is 3.85. The summed E-state index contributed by atoms with van der Waals surface area (Å²) in [6, 6.07) is 6.11. The highest BCUT2D eigenvalue weighted by molar-refractivity contribution is 5.35. The average molecular weight is 280 g/mol. The summed E-state index contributed by atoms with van der Waals surface area (Å²) in [5.41, 5.74) is 0.0740. The van der Waals surface area contributed by atoms with Crippen molar-refractivity contribution in [2.45, 2.75) is 25.4 Å². The van der Waals surface area contributed by atoms with Crippen molar-refractivity contribution < 1.29 is 14.4 Å². The number of non-ortho nitro benzene ring substituents is 1. The van der Waals surface area contributed by atoms with Crippen LogP contribution in [0.15, 0.2) is 24.3 Å². The first kappa shape index (κ1) is 14.7. The number of hydrogen-bond donors (Lipinski definition) is 1. The third-order valence-electron chi connectivity index (χ3n) is 3.24. The predicted octanol–water partition coefficient (Wildman–Crippen LogP) is 2.13. The molecule has 2 rings (SSSR count). The fraction of sp³-hybridized carbons (Fsp3) is 0.571. The zero-order chi connectivity index (χ0) is 14.2. The predicted molar refractivity (Wildman–Crippen MR) is 75.1 cm³/mol. The summed E-state index contributed by atoms with van der Waals surface area (Å²) in [6.45, 7) is 2.98. The van der Waals surface area contributed by atoms with Crippen LogP contribution in [0.4, 0.5) is 5.69 Å². The second-order valence-corrected chi connectivity index (χ2v) is 4.79. The van der Waals surface area contributed by atoms with E-state index in [0.29, 0.717) is 18.5 Å². The first-order valence-corrected chi connectivity index (χ1v) is 6.95. The van der Waals surface area contributed by atoms with Crippen LogP contribution in [0, 0.1) is 10.1 Å². The molecule has 1 aromatic carbocycles. The summed E-state index contributed by atoms with van der Waals surface area (Å²) >= 11 is 0. The Morgan fingerprint density at radius 3 is 2.80 bits per heavy atom. The lowest BCUT2D eigenvalue weighted by atomic mass is 10.1. The third-order valence-corrected chi connectivity index (χ3v) is 3.24. The van der Waals surface area contributed by atoms with Gasteiger partial charge in [-0.15, -0.1) is 0 Å². The molecule has 1 unspecified atom stereocenters. The van der Waals surface area contributed by atoms with E-state index >= 15 is 0 Å². The van der Waals surface area contributed by atoms with Crippen LogP contribution in [-0.2, 0) is 4.74 Å². The van der Waals surface area contributed by atoms with Gasteiger partial charge in [0, 0.05) is 31.8 Å². The van der Waals surface area contributed by atoms with E-state index in [2.05, 4.69) is 5.32 Å². The molecule has 20 heavy (non-hydrogen) atoms. The topological polar surface area (TPSA) is 73.6 Å². The van der Waals surface area contributed by atoms with Crippen LogP contribution in [0.1, 0.15) is 19.3 Å². The first-order chi connectivity index (χ1) is 9.75. The Morgan fingerprint density at radius 1 is 1.35 bits per heavy atom. The van der Waals surface area contributed by atoms with Gasteiger partial charge in [-0.3, -0.25) is 10.1 Å². The fourth-order valence-electron chi connectivity index (χ4n) is 2.14. The van der Waals surface area contributed by atoms with Crippen molar-refractivity contribution in [2.24, 2.45) is 0 Å². The first-order valence-electron chi connectivity index (χ1n) is 6.95. The number of nitrogens with zero attached hydrogens (tertiary/aromatic N) is 1. The molecule has 1 saturated heterocycles. The van der Waals surface area contributed by atoms with Crippen LogP contribution in [0.2, 0.25) is 0 Å². The van der Waals surface area contributed by atoms with Crippen molar-refractivity contribution in [1.82, 2.24) is 5.32 Å². The normalized spacial score (nSPS) is 18.7. The molecule has 1 aliphatic heterocycles. The van der Waals surface area contributed by atoms with Crippen molar-refractivity contribution in [3.63, 3.8) is 0 Å². The lowest BCUT2D eigenvalue weighted by Crippen LogP contribution is -2.33. The summed E-state index contributed by atoms with van der Waals surface area (Å²) in [4.78, 5) is 10.1. The smallest absolute Gasteiger partial charge is 0.269 e. The molecule has 0 spiro atoms. The van der Waals surface area contributed by atoms with Gasteiger partial charge < -0.3 is 14.8 Å². The molecular weight excluding hydrogens is 260 g/mol. The van der Waals surface area contributed by atoms with Crippen LogP contribution in [0.5, 0.6) is 5.75 Å². The summed E-state index contributed by atoms with van der Waals surface area (Å²) in [7, 11) is 0. The van der Waals surface area contributed by atoms with Gasteiger partial charge in [-0.1, -0.05) is 0 Å². The third kappa shape index (κ3) is 4.79. The van der Waals surface area contributed by atoms with Crippen molar-refractivity contribution in [2.75, 3.05) is 26.3 Å². The summed E-state index contributed by atoms with van der Waals surface area (Å²) in [5, 5.41) is 13.8. The van der Waals surface area contributed by atoms with Crippen LogP contribution in [0.3, 0.4) is 0 Å². The van der Waals surface area contributed by atoms with E-state index in [1.807, 2.05) is 0 Å². The van der Waals surface area contributed by atoms with Gasteiger partial charge in [0.1, 0.15) is 12.4 Å². The molecular formula is C14H20N2O4. The van der Waals surface area contributed by atoms with Crippen molar-refractivity contribution in [1.29, 1.82) is 0 Å². The lowest BCUT2D eigenvalue weighted by molar-refractivity contribution is -0.384. The number of benzene rings is 1. The molecule has 1 aliphatic rings. The van der Waals surface area contributed by atoms with Gasteiger partial charge in [-0.05, 0) is 31.4 Å². The Bertz CT molecular complexity index is 416. The molecule has 6 heteroatoms. The largest absolute Gasteiger partial charge is 0.492 e. The van der Waals surface area contributed by atoms with E-state index in [0.717, 1.165) is 26.1 Å². The van der Waals surface area contributed by atoms with Crippen molar-refractivity contribution >= 4 is 5.69 Å². The number of rotatable bonds is 7. The highest BCUT2D eigenvalue weighted by atomic mass is 16.6. The summed E-state index contributed by atoms with van der Waals surface area (Å²) < 4.78 is 11.1. The SMILES string of the molecule is O=[N+]([O-])c1ccc(OCCNCC2CCCCO2)cc1. The van der Waals surface area contributed by atoms with Gasteiger partial charge in [0.2, 0.25) is 0 Å². The maximum Gasteiger partial charge on any atom is 0.269 e. The Kier molecular flexibility index (Phi) is 5.76. The van der Waals surface area contributed by atoms with E-state index in [9.17, 15) is 10.1 Å². The van der Waals surface area contributed by atoms with Crippen molar-refractivity contribution in [3.05, 3.63) is 34.4 Å². The minimum absolute atomic E-state index is 0.0740. The Morgan fingerprint density at radius 2 is 2.15 bits per heavy atom. The molecule has 1 aromatic rings. The maximum atomic E-state index is 10.5. The number of nitro groups is 1. The quantitative estimate of drug-likeness (QED) is 0.470. The molecule has 1 atom stereocenters. The number of nitrogens with one attached hydrogen (secondary N) is 1. The van der Waals surface area contributed by atoms with E-state index in [-0.39, 0.29) is 5.69 Å². The van der Waals surface area contributed by atoms with Gasteiger partial charge in [-0.2, -0.15) is 0 Å². The van der Waals surface area contributed by atoms with Gasteiger partial charge in [0.25, 0.3) is 5.69 Å². The lowest BCUT2D eigenvalue weighted by Gasteiger charge is -2.22. The highest BCUT2D eigenvalue weighted by Crippen LogP contribution is 2.17. The molecule has 0 radical (unpaired) electrons. The molecule has 0 saturated carbocycles. The number of ether oxygens (including phenoxy) is 2. The van der Waals surface area contributed by atoms with Crippen LogP contribution >= 0.6 is 0 Å². The van der Waals surface area contributed by atoms with Gasteiger partial charge in [0.15, 0.2) is 0 Å². The second kappa shape index (κ2) is 7.81. The van der Waals surface area contributed by atoms with E-state index in [1.54, 1.807) is 12.1 Å². The van der Waals surface area contributed by atoms with Gasteiger partial charge >= 0.3 is 0 Å². The minimum atomic E-state index is -0.421. The molecule has 1 heterocycles. The molecule has 110 valence electrons. The molecule has 0 amide bonds. The zero-order valence-electron chi connectivity index (χ0n) is 11.4. The van der Waals surface area contributed by atoms with E-state index in [4.69, 9.17) is 9.47 Å². The molecule has 1 fully saturated rings. The fourth-order valence-corrected chi connectivity index (χ4v) is 2.14. The summed E-state index contributed by atoms with van der Waals surface area (Å²) in [5.74, 6) is 0.645. The molecule has 1 N–H and O–H groups in total. The molecule has 0 bridgehead atoms. The molecule has 0 aliphatic carbocycles. The number of nitro benzene ring substituents is 1. The van der Waals surface area contributed by atoms with Crippen LogP contribution in [-0.4, -0.2) is 37.3 Å². The second-order valence-electron chi connectivity index (χ2n) is 4.79. The Hall–Kier alpha value is -1.66. The van der Waals surface area contributed by atoms with E-state index in [1.165, 1.54) is 25.0 Å². The van der Waals surface area contributed by atoms with E-state index < -0.39 is 4.92 Å². The van der Waals surface area contributed by atoms with Crippen LogP contribution < -0.4 is 10.1 Å². The Balaban J connectivity index is 1.59. The van der Waals surface area contributed by atoms with Crippen LogP contribution in [0.25, 0.3) is 0 Å². The Labute approximate surface area is 118 Å². The van der Waals surface area contributed by atoms with Gasteiger partial charge in [0.05, 0.1) is 11.0 Å². The maximum absolute atomic E-state index is 10.5. The monoisotopic (exact) mass is 280 g/mol. The molecule has 0 aromatic heterocycles. The minimum Gasteiger partial charge on any atom is -0.492 e. The highest BCUT2D eigenvalue weighted by Gasteiger charge is 2.12. The average Bonchev–Trinajstić information content (AvgIpc) is 2.48. The molecule has 6 nitrogen and oxygen atoms in total. The standard InChI is InChI=1S/C14H20N2O4/c17-16(18)12-4-6-13(7-5-12)20-10-8-15-11-14-3-1-2-9-19-14/h4-7,14-15H,1-3,8-11H2.